The van der Waals surface area contributed by atoms with Crippen molar-refractivity contribution in [2.24, 2.45) is 5.73 Å². The monoisotopic (exact) mass is 170 g/mol. The first-order chi connectivity index (χ1) is 5.85. The van der Waals surface area contributed by atoms with Crippen LogP contribution >= 0.6 is 0 Å². The van der Waals surface area contributed by atoms with Gasteiger partial charge >= 0.3 is 0 Å². The Hall–Kier alpha value is -0.560. The second-order valence-corrected chi connectivity index (χ2v) is 2.53. The SMILES string of the molecule is C#CC.NCCN1CCOCC1. The summed E-state index contributed by atoms with van der Waals surface area (Å²) in [5, 5.41) is 0. The third kappa shape index (κ3) is 6.17. The summed E-state index contributed by atoms with van der Waals surface area (Å²) in [5.74, 6) is 2.25. The number of nitrogens with two attached hydrogens (primary N) is 1. The summed E-state index contributed by atoms with van der Waals surface area (Å²) in [7, 11) is 0. The first kappa shape index (κ1) is 11.4. The molecule has 12 heavy (non-hydrogen) atoms. The third-order valence-electron chi connectivity index (χ3n) is 1.55. The smallest absolute Gasteiger partial charge is 0.0594 e. The molecule has 3 heteroatoms. The van der Waals surface area contributed by atoms with Crippen LogP contribution in [-0.2, 0) is 4.74 Å². The normalized spacial score (nSPS) is 17.4. The van der Waals surface area contributed by atoms with Crippen molar-refractivity contribution in [3.05, 3.63) is 0 Å². The number of terminal acetylenes is 1. The Kier molecular flexibility index (Phi) is 8.14. The van der Waals surface area contributed by atoms with Crippen molar-refractivity contribution in [2.75, 3.05) is 39.4 Å². The lowest BCUT2D eigenvalue weighted by molar-refractivity contribution is 0.0394. The predicted molar refractivity (Wildman–Crippen MR) is 50.8 cm³/mol. The molecule has 0 bridgehead atoms. The van der Waals surface area contributed by atoms with Gasteiger partial charge in [0.2, 0.25) is 0 Å². The van der Waals surface area contributed by atoms with E-state index in [2.05, 4.69) is 17.2 Å². The molecule has 0 aromatic rings. The van der Waals surface area contributed by atoms with Crippen LogP contribution in [0.4, 0.5) is 0 Å². The number of hydrogen-bond donors (Lipinski definition) is 1. The second-order valence-electron chi connectivity index (χ2n) is 2.53. The van der Waals surface area contributed by atoms with E-state index in [1.54, 1.807) is 6.92 Å². The lowest BCUT2D eigenvalue weighted by Gasteiger charge is -2.25. The number of hydrogen-bond acceptors (Lipinski definition) is 3. The van der Waals surface area contributed by atoms with Gasteiger partial charge in [-0.05, 0) is 6.92 Å². The van der Waals surface area contributed by atoms with E-state index in [9.17, 15) is 0 Å². The molecule has 1 aliphatic rings. The summed E-state index contributed by atoms with van der Waals surface area (Å²) in [6.45, 7) is 7.29. The summed E-state index contributed by atoms with van der Waals surface area (Å²) in [4.78, 5) is 2.32. The van der Waals surface area contributed by atoms with E-state index in [-0.39, 0.29) is 0 Å². The van der Waals surface area contributed by atoms with E-state index in [1.165, 1.54) is 0 Å². The van der Waals surface area contributed by atoms with Crippen molar-refractivity contribution in [2.45, 2.75) is 6.92 Å². The summed E-state index contributed by atoms with van der Waals surface area (Å²) in [5.41, 5.74) is 5.38. The zero-order valence-corrected chi connectivity index (χ0v) is 7.75. The number of nitrogens with zero attached hydrogens (tertiary/aromatic N) is 1. The largest absolute Gasteiger partial charge is 0.379 e. The van der Waals surface area contributed by atoms with Gasteiger partial charge in [0.15, 0.2) is 0 Å². The van der Waals surface area contributed by atoms with Crippen LogP contribution < -0.4 is 5.73 Å². The Morgan fingerprint density at radius 2 is 2.00 bits per heavy atom. The molecule has 0 radical (unpaired) electrons. The molecule has 70 valence electrons. The van der Waals surface area contributed by atoms with E-state index >= 15 is 0 Å². The van der Waals surface area contributed by atoms with Gasteiger partial charge in [-0.1, -0.05) is 0 Å². The van der Waals surface area contributed by atoms with Crippen LogP contribution in [0.1, 0.15) is 6.92 Å². The highest BCUT2D eigenvalue weighted by molar-refractivity contribution is 4.73. The van der Waals surface area contributed by atoms with Crippen molar-refractivity contribution in [3.8, 4) is 12.3 Å². The Morgan fingerprint density at radius 3 is 2.42 bits per heavy atom. The van der Waals surface area contributed by atoms with Crippen molar-refractivity contribution < 1.29 is 4.74 Å². The molecule has 1 aliphatic heterocycles. The first-order valence-electron chi connectivity index (χ1n) is 4.22. The molecule has 0 saturated carbocycles. The molecular weight excluding hydrogens is 152 g/mol. The molecule has 1 rings (SSSR count). The molecule has 1 fully saturated rings. The molecule has 0 aromatic heterocycles. The van der Waals surface area contributed by atoms with Crippen molar-refractivity contribution in [3.63, 3.8) is 0 Å². The minimum Gasteiger partial charge on any atom is -0.379 e. The quantitative estimate of drug-likeness (QED) is 0.589. The van der Waals surface area contributed by atoms with Crippen LogP contribution in [0.3, 0.4) is 0 Å². The lowest BCUT2D eigenvalue weighted by Crippen LogP contribution is -2.39. The van der Waals surface area contributed by atoms with Gasteiger partial charge < -0.3 is 10.5 Å². The molecule has 0 aromatic carbocycles. The highest BCUT2D eigenvalue weighted by Crippen LogP contribution is 1.93. The highest BCUT2D eigenvalue weighted by atomic mass is 16.5. The predicted octanol–water partition coefficient (Wildman–Crippen LogP) is -0.0832. The van der Waals surface area contributed by atoms with E-state index in [0.717, 1.165) is 39.4 Å². The van der Waals surface area contributed by atoms with Crippen LogP contribution in [0.2, 0.25) is 0 Å². The zero-order chi connectivity index (χ0) is 9.23. The van der Waals surface area contributed by atoms with Gasteiger partial charge in [-0.2, -0.15) is 0 Å². The van der Waals surface area contributed by atoms with Crippen LogP contribution in [0, 0.1) is 12.3 Å². The van der Waals surface area contributed by atoms with Gasteiger partial charge in [0.1, 0.15) is 0 Å². The van der Waals surface area contributed by atoms with Crippen LogP contribution in [0.5, 0.6) is 0 Å². The Morgan fingerprint density at radius 1 is 1.50 bits per heavy atom. The molecule has 3 nitrogen and oxygen atoms in total. The maximum Gasteiger partial charge on any atom is 0.0594 e. The molecule has 1 saturated heterocycles. The minimum atomic E-state index is 0.764. The molecule has 1 heterocycles. The summed E-state index contributed by atoms with van der Waals surface area (Å²) in [6, 6.07) is 0. The van der Waals surface area contributed by atoms with Gasteiger partial charge in [-0.3, -0.25) is 4.90 Å². The second kappa shape index (κ2) is 8.54. The summed E-state index contributed by atoms with van der Waals surface area (Å²) in [6.07, 6.45) is 4.60. The van der Waals surface area contributed by atoms with Gasteiger partial charge in [0.05, 0.1) is 13.2 Å². The molecule has 0 unspecified atom stereocenters. The van der Waals surface area contributed by atoms with Gasteiger partial charge in [0.25, 0.3) is 0 Å². The molecule has 0 aliphatic carbocycles. The molecule has 0 amide bonds. The Bertz CT molecular complexity index is 122. The van der Waals surface area contributed by atoms with Crippen molar-refractivity contribution in [1.82, 2.24) is 4.90 Å². The first-order valence-corrected chi connectivity index (χ1v) is 4.22. The standard InChI is InChI=1S/C6H14N2O.C3H4/c7-1-2-8-3-5-9-6-4-8;1-3-2/h1-7H2;1H,2H3. The topological polar surface area (TPSA) is 38.5 Å². The van der Waals surface area contributed by atoms with Crippen LogP contribution in [0.15, 0.2) is 0 Å². The third-order valence-corrected chi connectivity index (χ3v) is 1.55. The summed E-state index contributed by atoms with van der Waals surface area (Å²) >= 11 is 0. The average molecular weight is 170 g/mol. The zero-order valence-electron chi connectivity index (χ0n) is 7.75. The number of morpholine rings is 1. The number of ether oxygens (including phenoxy) is 1. The van der Waals surface area contributed by atoms with Crippen LogP contribution in [0.25, 0.3) is 0 Å². The maximum absolute atomic E-state index is 5.38. The lowest BCUT2D eigenvalue weighted by atomic mass is 10.4. The molecule has 0 spiro atoms. The summed E-state index contributed by atoms with van der Waals surface area (Å²) < 4.78 is 5.16. The van der Waals surface area contributed by atoms with Gasteiger partial charge in [0, 0.05) is 26.2 Å². The van der Waals surface area contributed by atoms with Crippen LogP contribution in [-0.4, -0.2) is 44.3 Å². The van der Waals surface area contributed by atoms with Gasteiger partial charge in [-0.25, -0.2) is 0 Å². The molecule has 2 N–H and O–H groups in total. The molecular formula is C9H18N2O. The van der Waals surface area contributed by atoms with E-state index in [4.69, 9.17) is 10.5 Å². The Labute approximate surface area is 74.9 Å². The minimum absolute atomic E-state index is 0.764. The van der Waals surface area contributed by atoms with Gasteiger partial charge in [-0.15, -0.1) is 12.3 Å². The molecule has 0 atom stereocenters. The average Bonchev–Trinajstić information content (AvgIpc) is 2.08. The fourth-order valence-electron chi connectivity index (χ4n) is 1.01. The Balaban J connectivity index is 0.000000354. The van der Waals surface area contributed by atoms with E-state index < -0.39 is 0 Å². The fourth-order valence-corrected chi connectivity index (χ4v) is 1.01. The van der Waals surface area contributed by atoms with E-state index in [1.807, 2.05) is 0 Å². The van der Waals surface area contributed by atoms with E-state index in [0.29, 0.717) is 0 Å². The highest BCUT2D eigenvalue weighted by Gasteiger charge is 2.07. The fraction of sp³-hybridized carbons (Fsp3) is 0.778. The van der Waals surface area contributed by atoms with Crippen molar-refractivity contribution >= 4 is 0 Å². The van der Waals surface area contributed by atoms with Crippen molar-refractivity contribution in [1.29, 1.82) is 0 Å². The maximum atomic E-state index is 5.38. The number of rotatable bonds is 2.